The van der Waals surface area contributed by atoms with Crippen molar-refractivity contribution in [2.24, 2.45) is 11.8 Å². The normalized spacial score (nSPS) is 40.4. The number of hydrogen-bond acceptors (Lipinski definition) is 3. The molecule has 0 aromatic carbocycles. The third-order valence-electron chi connectivity index (χ3n) is 4.49. The van der Waals surface area contributed by atoms with Gasteiger partial charge in [0.2, 0.25) is 5.91 Å². The number of hydrogen-bond donors (Lipinski definition) is 1. The van der Waals surface area contributed by atoms with Crippen molar-refractivity contribution in [2.75, 3.05) is 5.88 Å². The molecule has 4 nitrogen and oxygen atoms in total. The van der Waals surface area contributed by atoms with Crippen molar-refractivity contribution in [2.45, 2.75) is 43.7 Å². The van der Waals surface area contributed by atoms with Gasteiger partial charge < -0.3 is 10.1 Å². The summed E-state index contributed by atoms with van der Waals surface area (Å²) in [7, 11) is 0. The number of amides is 1. The highest BCUT2D eigenvalue weighted by Crippen LogP contribution is 2.45. The van der Waals surface area contributed by atoms with Crippen LogP contribution in [-0.2, 0) is 14.3 Å². The first-order valence-corrected chi connectivity index (χ1v) is 7.46. The van der Waals surface area contributed by atoms with E-state index in [1.54, 1.807) is 0 Å². The highest BCUT2D eigenvalue weighted by molar-refractivity contribution is 6.18. The van der Waals surface area contributed by atoms with E-state index in [2.05, 4.69) is 17.5 Å². The molecule has 0 saturated carbocycles. The van der Waals surface area contributed by atoms with Gasteiger partial charge in [0.1, 0.15) is 6.10 Å². The molecular formula is C14H18ClNO3. The van der Waals surface area contributed by atoms with E-state index in [4.69, 9.17) is 16.3 Å². The van der Waals surface area contributed by atoms with Crippen molar-refractivity contribution in [3.8, 4) is 0 Å². The molecule has 104 valence electrons. The van der Waals surface area contributed by atoms with Gasteiger partial charge in [0.15, 0.2) is 5.54 Å². The van der Waals surface area contributed by atoms with Gasteiger partial charge in [0.25, 0.3) is 0 Å². The first kappa shape index (κ1) is 13.0. The minimum Gasteiger partial charge on any atom is -0.457 e. The van der Waals surface area contributed by atoms with Gasteiger partial charge in [0, 0.05) is 5.88 Å². The van der Waals surface area contributed by atoms with Crippen molar-refractivity contribution < 1.29 is 14.3 Å². The number of nitrogens with one attached hydrogen (secondary N) is 1. The molecule has 2 heterocycles. The van der Waals surface area contributed by atoms with Crippen molar-refractivity contribution in [1.82, 2.24) is 5.32 Å². The highest BCUT2D eigenvalue weighted by Gasteiger charge is 2.67. The molecule has 3 aliphatic rings. The van der Waals surface area contributed by atoms with Crippen LogP contribution in [0.2, 0.25) is 0 Å². The first-order chi connectivity index (χ1) is 9.17. The molecule has 1 aliphatic carbocycles. The third kappa shape index (κ3) is 1.97. The van der Waals surface area contributed by atoms with E-state index < -0.39 is 5.54 Å². The second-order valence-corrected chi connectivity index (χ2v) is 6.07. The van der Waals surface area contributed by atoms with Gasteiger partial charge in [-0.1, -0.05) is 12.2 Å². The Morgan fingerprint density at radius 3 is 2.95 bits per heavy atom. The Morgan fingerprint density at radius 2 is 2.32 bits per heavy atom. The second kappa shape index (κ2) is 4.82. The molecule has 3 rings (SSSR count). The molecule has 0 bridgehead atoms. The van der Waals surface area contributed by atoms with Crippen LogP contribution in [0.1, 0.15) is 32.1 Å². The minimum atomic E-state index is -0.778. The summed E-state index contributed by atoms with van der Waals surface area (Å²) in [5.41, 5.74) is -0.778. The van der Waals surface area contributed by atoms with Crippen LogP contribution in [0.15, 0.2) is 12.2 Å². The number of rotatable bonds is 4. The summed E-state index contributed by atoms with van der Waals surface area (Å²) in [5.74, 6) is 0.131. The largest absolute Gasteiger partial charge is 0.457 e. The van der Waals surface area contributed by atoms with Gasteiger partial charge in [-0.15, -0.1) is 11.6 Å². The van der Waals surface area contributed by atoms with Crippen LogP contribution in [0.5, 0.6) is 0 Å². The molecule has 0 spiro atoms. The smallest absolute Gasteiger partial charge is 0.336 e. The molecule has 0 aromatic rings. The SMILES string of the molecule is O=C1NC2(CC3C=CCCC3)C(=O)OC2[C@H]1CCCl. The summed E-state index contributed by atoms with van der Waals surface area (Å²) in [6.07, 6.45) is 8.58. The van der Waals surface area contributed by atoms with E-state index in [1.165, 1.54) is 0 Å². The Kier molecular flexibility index (Phi) is 3.29. The molecular weight excluding hydrogens is 266 g/mol. The van der Waals surface area contributed by atoms with Crippen LogP contribution in [0.4, 0.5) is 0 Å². The third-order valence-corrected chi connectivity index (χ3v) is 4.71. The van der Waals surface area contributed by atoms with E-state index in [0.717, 1.165) is 19.3 Å². The summed E-state index contributed by atoms with van der Waals surface area (Å²) in [4.78, 5) is 23.9. The van der Waals surface area contributed by atoms with Gasteiger partial charge >= 0.3 is 5.97 Å². The van der Waals surface area contributed by atoms with Gasteiger partial charge in [-0.2, -0.15) is 0 Å². The highest BCUT2D eigenvalue weighted by atomic mass is 35.5. The van der Waals surface area contributed by atoms with Crippen LogP contribution in [-0.4, -0.2) is 29.4 Å². The lowest BCUT2D eigenvalue weighted by Gasteiger charge is -2.44. The topological polar surface area (TPSA) is 55.4 Å². The number of carbonyl (C=O) groups is 2. The first-order valence-electron chi connectivity index (χ1n) is 6.93. The van der Waals surface area contributed by atoms with Gasteiger partial charge in [0.05, 0.1) is 5.92 Å². The zero-order valence-corrected chi connectivity index (χ0v) is 11.5. The molecule has 5 heteroatoms. The van der Waals surface area contributed by atoms with Crippen LogP contribution < -0.4 is 5.32 Å². The van der Waals surface area contributed by atoms with Gasteiger partial charge in [-0.05, 0) is 38.0 Å². The Balaban J connectivity index is 1.77. The number of allylic oxidation sites excluding steroid dienone is 2. The molecule has 19 heavy (non-hydrogen) atoms. The molecule has 1 N–H and O–H groups in total. The fraction of sp³-hybridized carbons (Fsp3) is 0.714. The van der Waals surface area contributed by atoms with Crippen molar-refractivity contribution in [3.05, 3.63) is 12.2 Å². The molecule has 2 aliphatic heterocycles. The van der Waals surface area contributed by atoms with E-state index in [9.17, 15) is 9.59 Å². The number of carbonyl (C=O) groups excluding carboxylic acids is 2. The quantitative estimate of drug-likeness (QED) is 0.486. The van der Waals surface area contributed by atoms with Crippen molar-refractivity contribution >= 4 is 23.5 Å². The number of esters is 1. The van der Waals surface area contributed by atoms with E-state index in [1.807, 2.05) is 0 Å². The Hall–Kier alpha value is -1.03. The fourth-order valence-corrected chi connectivity index (χ4v) is 3.73. The van der Waals surface area contributed by atoms with E-state index in [0.29, 0.717) is 24.6 Å². The summed E-state index contributed by atoms with van der Waals surface area (Å²) in [6, 6.07) is 0. The summed E-state index contributed by atoms with van der Waals surface area (Å²) in [6.45, 7) is 0. The zero-order chi connectivity index (χ0) is 13.5. The minimum absolute atomic E-state index is 0.0868. The lowest BCUT2D eigenvalue weighted by molar-refractivity contribution is -0.193. The monoisotopic (exact) mass is 283 g/mol. The summed E-state index contributed by atoms with van der Waals surface area (Å²) in [5, 5.41) is 2.89. The molecule has 3 unspecified atom stereocenters. The Morgan fingerprint density at radius 1 is 1.47 bits per heavy atom. The number of halogens is 1. The van der Waals surface area contributed by atoms with Crippen LogP contribution >= 0.6 is 11.6 Å². The number of alkyl halides is 1. The maximum Gasteiger partial charge on any atom is 0.336 e. The maximum absolute atomic E-state index is 12.0. The van der Waals surface area contributed by atoms with Crippen LogP contribution in [0.25, 0.3) is 0 Å². The zero-order valence-electron chi connectivity index (χ0n) is 10.7. The number of ether oxygens (including phenoxy) is 1. The Bertz CT molecular complexity index is 436. The summed E-state index contributed by atoms with van der Waals surface area (Å²) < 4.78 is 5.24. The van der Waals surface area contributed by atoms with Crippen LogP contribution in [0, 0.1) is 11.8 Å². The van der Waals surface area contributed by atoms with Gasteiger partial charge in [-0.3, -0.25) is 4.79 Å². The van der Waals surface area contributed by atoms with Crippen molar-refractivity contribution in [1.29, 1.82) is 0 Å². The number of fused-ring (bicyclic) bond motifs is 1. The van der Waals surface area contributed by atoms with Crippen LogP contribution in [0.3, 0.4) is 0 Å². The Labute approximate surface area is 117 Å². The summed E-state index contributed by atoms with van der Waals surface area (Å²) >= 11 is 5.73. The standard InChI is InChI=1S/C14H18ClNO3/c15-7-6-10-11-14(13(18)19-11,16-12(10)17)8-9-4-2-1-3-5-9/h2,4,9-11H,1,3,5-8H2,(H,16,17)/t9?,10-,11?,14?/m1/s1. The molecule has 0 aromatic heterocycles. The lowest BCUT2D eigenvalue weighted by Crippen LogP contribution is -2.67. The van der Waals surface area contributed by atoms with E-state index in [-0.39, 0.29) is 23.9 Å². The predicted molar refractivity (Wildman–Crippen MR) is 70.7 cm³/mol. The molecule has 2 saturated heterocycles. The molecule has 4 atom stereocenters. The molecule has 0 radical (unpaired) electrons. The predicted octanol–water partition coefficient (Wildman–Crippen LogP) is 1.77. The van der Waals surface area contributed by atoms with Gasteiger partial charge in [-0.25, -0.2) is 4.79 Å². The average molecular weight is 284 g/mol. The van der Waals surface area contributed by atoms with Crippen molar-refractivity contribution in [3.63, 3.8) is 0 Å². The molecule has 1 amide bonds. The van der Waals surface area contributed by atoms with E-state index >= 15 is 0 Å². The molecule has 2 fully saturated rings. The fourth-order valence-electron chi connectivity index (χ4n) is 3.49. The lowest BCUT2D eigenvalue weighted by atomic mass is 9.75. The maximum atomic E-state index is 12.0. The average Bonchev–Trinajstić information content (AvgIpc) is 2.62. The second-order valence-electron chi connectivity index (χ2n) is 5.69.